The zero-order valence-corrected chi connectivity index (χ0v) is 9.38. The Kier molecular flexibility index (Phi) is 3.99. The molecule has 4 nitrogen and oxygen atoms in total. The maximum Gasteiger partial charge on any atom is 0.325 e. The number of nitrogens with two attached hydrogens (primary N) is 1. The van der Waals surface area contributed by atoms with E-state index in [1.54, 1.807) is 25.3 Å². The summed E-state index contributed by atoms with van der Waals surface area (Å²) >= 11 is 1.42. The molecule has 0 aliphatic rings. The Bertz CT molecular complexity index is 368. The number of ether oxygens (including phenoxy) is 1. The van der Waals surface area contributed by atoms with Crippen molar-refractivity contribution in [2.75, 3.05) is 13.4 Å². The highest BCUT2D eigenvalue weighted by atomic mass is 32.2. The van der Waals surface area contributed by atoms with Crippen LogP contribution in [0.3, 0.4) is 0 Å². The molecule has 15 heavy (non-hydrogen) atoms. The van der Waals surface area contributed by atoms with Crippen molar-refractivity contribution in [3.8, 4) is 5.75 Å². The molecule has 0 bridgehead atoms. The molecule has 1 aromatic carbocycles. The van der Waals surface area contributed by atoms with E-state index in [2.05, 4.69) is 0 Å². The number of carboxylic acid groups (broad SMARTS) is 1. The molecule has 0 radical (unpaired) electrons. The van der Waals surface area contributed by atoms with E-state index >= 15 is 0 Å². The molecular formula is C10H13NO3S. The predicted octanol–water partition coefficient (Wildman–Crippen LogP) is 1.50. The van der Waals surface area contributed by atoms with Crippen molar-refractivity contribution in [1.82, 2.24) is 0 Å². The maximum atomic E-state index is 10.8. The molecule has 5 heteroatoms. The molecule has 1 atom stereocenters. The summed E-state index contributed by atoms with van der Waals surface area (Å²) in [6.45, 7) is 0. The molecule has 0 aliphatic carbocycles. The fraction of sp³-hybridized carbons (Fsp3) is 0.300. The second-order valence-corrected chi connectivity index (χ2v) is 3.72. The molecule has 0 aliphatic heterocycles. The third kappa shape index (κ3) is 2.43. The van der Waals surface area contributed by atoms with E-state index in [1.807, 2.05) is 6.26 Å². The van der Waals surface area contributed by atoms with Crippen molar-refractivity contribution in [2.24, 2.45) is 5.73 Å². The fourth-order valence-electron chi connectivity index (χ4n) is 1.29. The summed E-state index contributed by atoms with van der Waals surface area (Å²) in [5.41, 5.74) is 6.15. The highest BCUT2D eigenvalue weighted by Gasteiger charge is 2.19. The van der Waals surface area contributed by atoms with Gasteiger partial charge in [0.1, 0.15) is 11.8 Å². The molecule has 1 rings (SSSR count). The lowest BCUT2D eigenvalue weighted by atomic mass is 10.1. The molecule has 0 spiro atoms. The summed E-state index contributed by atoms with van der Waals surface area (Å²) in [6.07, 6.45) is 1.86. The van der Waals surface area contributed by atoms with Crippen molar-refractivity contribution in [1.29, 1.82) is 0 Å². The van der Waals surface area contributed by atoms with Gasteiger partial charge in [0.25, 0.3) is 0 Å². The summed E-state index contributed by atoms with van der Waals surface area (Å²) in [5.74, 6) is -0.393. The van der Waals surface area contributed by atoms with E-state index in [4.69, 9.17) is 15.6 Å². The second kappa shape index (κ2) is 5.04. The van der Waals surface area contributed by atoms with Gasteiger partial charge in [-0.05, 0) is 17.9 Å². The smallest absolute Gasteiger partial charge is 0.325 e. The van der Waals surface area contributed by atoms with Gasteiger partial charge in [-0.1, -0.05) is 12.1 Å². The monoisotopic (exact) mass is 227 g/mol. The van der Waals surface area contributed by atoms with Crippen molar-refractivity contribution in [3.63, 3.8) is 0 Å². The normalized spacial score (nSPS) is 12.2. The fourth-order valence-corrected chi connectivity index (χ4v) is 2.07. The predicted molar refractivity (Wildman–Crippen MR) is 59.3 cm³/mol. The number of thioether (sulfide) groups is 1. The number of methoxy groups -OCH3 is 1. The van der Waals surface area contributed by atoms with Gasteiger partial charge in [0.15, 0.2) is 0 Å². The molecule has 1 unspecified atom stereocenters. The van der Waals surface area contributed by atoms with Crippen LogP contribution in [-0.2, 0) is 4.79 Å². The Hall–Kier alpha value is -1.20. The highest BCUT2D eigenvalue weighted by molar-refractivity contribution is 7.98. The topological polar surface area (TPSA) is 72.5 Å². The van der Waals surface area contributed by atoms with Gasteiger partial charge in [0.2, 0.25) is 0 Å². The first-order valence-electron chi connectivity index (χ1n) is 4.31. The molecule has 0 saturated carbocycles. The summed E-state index contributed by atoms with van der Waals surface area (Å²) < 4.78 is 5.14. The molecule has 1 aromatic rings. The lowest BCUT2D eigenvalue weighted by molar-refractivity contribution is -0.138. The lowest BCUT2D eigenvalue weighted by Gasteiger charge is -2.14. The molecule has 0 amide bonds. The van der Waals surface area contributed by atoms with Crippen molar-refractivity contribution in [2.45, 2.75) is 10.9 Å². The van der Waals surface area contributed by atoms with Crippen LogP contribution >= 0.6 is 11.8 Å². The first-order valence-corrected chi connectivity index (χ1v) is 5.53. The second-order valence-electron chi connectivity index (χ2n) is 2.90. The van der Waals surface area contributed by atoms with Crippen LogP contribution in [0.4, 0.5) is 0 Å². The summed E-state index contributed by atoms with van der Waals surface area (Å²) in [5, 5.41) is 8.84. The van der Waals surface area contributed by atoms with Crippen molar-refractivity contribution >= 4 is 17.7 Å². The first kappa shape index (κ1) is 11.9. The van der Waals surface area contributed by atoms with Gasteiger partial charge < -0.3 is 15.6 Å². The number of aliphatic carboxylic acids is 1. The van der Waals surface area contributed by atoms with Crippen LogP contribution in [0.15, 0.2) is 23.1 Å². The van der Waals surface area contributed by atoms with Gasteiger partial charge in [-0.25, -0.2) is 0 Å². The molecule has 82 valence electrons. The molecule has 0 aromatic heterocycles. The van der Waals surface area contributed by atoms with Gasteiger partial charge in [0, 0.05) is 0 Å². The number of carboxylic acids is 1. The Labute approximate surface area is 92.4 Å². The highest BCUT2D eigenvalue weighted by Crippen LogP contribution is 2.33. The number of hydrogen-bond acceptors (Lipinski definition) is 4. The molecule has 0 heterocycles. The Morgan fingerprint density at radius 3 is 2.73 bits per heavy atom. The van der Waals surface area contributed by atoms with Crippen LogP contribution in [0.1, 0.15) is 11.6 Å². The largest absolute Gasteiger partial charge is 0.496 e. The van der Waals surface area contributed by atoms with Gasteiger partial charge >= 0.3 is 5.97 Å². The molecule has 0 saturated heterocycles. The Balaban J connectivity index is 3.22. The van der Waals surface area contributed by atoms with Crippen molar-refractivity contribution in [3.05, 3.63) is 23.8 Å². The average molecular weight is 227 g/mol. The third-order valence-corrected chi connectivity index (χ3v) is 2.88. The standard InChI is InChI=1S/C10H13NO3S/c1-14-7-5-3-4-6(9(7)15-2)8(11)10(12)13/h3-5,8H,11H2,1-2H3,(H,12,13). The van der Waals surface area contributed by atoms with Crippen LogP contribution in [0.25, 0.3) is 0 Å². The van der Waals surface area contributed by atoms with Crippen molar-refractivity contribution < 1.29 is 14.6 Å². The van der Waals surface area contributed by atoms with E-state index in [0.29, 0.717) is 11.3 Å². The summed E-state index contributed by atoms with van der Waals surface area (Å²) in [7, 11) is 1.55. The van der Waals surface area contributed by atoms with Crippen LogP contribution in [0.2, 0.25) is 0 Å². The maximum absolute atomic E-state index is 10.8. The first-order chi connectivity index (χ1) is 7.11. The minimum absolute atomic E-state index is 0.578. The van der Waals surface area contributed by atoms with E-state index < -0.39 is 12.0 Å². The average Bonchev–Trinajstić information content (AvgIpc) is 2.26. The van der Waals surface area contributed by atoms with Crippen LogP contribution in [0.5, 0.6) is 5.75 Å². The minimum atomic E-state index is -1.04. The third-order valence-electron chi connectivity index (χ3n) is 2.03. The van der Waals surface area contributed by atoms with Crippen LogP contribution in [0, 0.1) is 0 Å². The van der Waals surface area contributed by atoms with E-state index in [-0.39, 0.29) is 0 Å². The van der Waals surface area contributed by atoms with Gasteiger partial charge in [-0.3, -0.25) is 4.79 Å². The molecular weight excluding hydrogens is 214 g/mol. The Morgan fingerprint density at radius 2 is 2.27 bits per heavy atom. The number of rotatable bonds is 4. The van der Waals surface area contributed by atoms with E-state index in [1.165, 1.54) is 11.8 Å². The number of hydrogen-bond donors (Lipinski definition) is 2. The van der Waals surface area contributed by atoms with E-state index in [9.17, 15) is 4.79 Å². The summed E-state index contributed by atoms with van der Waals surface area (Å²) in [4.78, 5) is 11.6. The number of benzene rings is 1. The zero-order chi connectivity index (χ0) is 11.4. The number of carbonyl (C=O) groups is 1. The Morgan fingerprint density at radius 1 is 1.60 bits per heavy atom. The van der Waals surface area contributed by atoms with E-state index in [0.717, 1.165) is 4.90 Å². The lowest BCUT2D eigenvalue weighted by Crippen LogP contribution is -2.21. The van der Waals surface area contributed by atoms with Gasteiger partial charge in [0.05, 0.1) is 12.0 Å². The minimum Gasteiger partial charge on any atom is -0.496 e. The summed E-state index contributed by atoms with van der Waals surface area (Å²) in [6, 6.07) is 4.20. The molecule has 3 N–H and O–H groups in total. The quantitative estimate of drug-likeness (QED) is 0.763. The van der Waals surface area contributed by atoms with Crippen LogP contribution in [-0.4, -0.2) is 24.4 Å². The molecule has 0 fully saturated rings. The van der Waals surface area contributed by atoms with Crippen LogP contribution < -0.4 is 10.5 Å². The van der Waals surface area contributed by atoms with Gasteiger partial charge in [-0.15, -0.1) is 11.8 Å². The van der Waals surface area contributed by atoms with Gasteiger partial charge in [-0.2, -0.15) is 0 Å². The SMILES string of the molecule is COc1cccc(C(N)C(=O)O)c1SC. The zero-order valence-electron chi connectivity index (χ0n) is 8.56.